The van der Waals surface area contributed by atoms with Crippen LogP contribution in [0.3, 0.4) is 0 Å². The van der Waals surface area contributed by atoms with Gasteiger partial charge in [-0.25, -0.2) is 0 Å². The van der Waals surface area contributed by atoms with E-state index in [1.807, 2.05) is 48.7 Å². The van der Waals surface area contributed by atoms with E-state index < -0.39 is 195 Å². The molecule has 0 bridgehead atoms. The molecular formula is C49H25BF24N2. The molecule has 0 fully saturated rings. The van der Waals surface area contributed by atoms with E-state index in [1.165, 1.54) is 5.56 Å². The molecule has 402 valence electrons. The quantitative estimate of drug-likeness (QED) is 0.0926. The fourth-order valence-corrected chi connectivity index (χ4v) is 8.35. The highest BCUT2D eigenvalue weighted by Crippen LogP contribution is 2.41. The van der Waals surface area contributed by atoms with E-state index in [-0.39, 0.29) is 0 Å². The van der Waals surface area contributed by atoms with Crippen molar-refractivity contribution in [2.75, 3.05) is 0 Å². The maximum atomic E-state index is 14.2. The van der Waals surface area contributed by atoms with Crippen molar-refractivity contribution in [3.05, 3.63) is 195 Å². The van der Waals surface area contributed by atoms with Gasteiger partial charge in [0.05, 0.1) is 44.5 Å². The Morgan fingerprint density at radius 1 is 0.342 bits per heavy atom. The van der Waals surface area contributed by atoms with Crippen LogP contribution in [0.4, 0.5) is 105 Å². The number of nitrogens with zero attached hydrogens (tertiary/aromatic N) is 2. The molecule has 7 aromatic rings. The summed E-state index contributed by atoms with van der Waals surface area (Å²) in [5.74, 6) is 0. The van der Waals surface area contributed by atoms with Gasteiger partial charge in [-0.05, 0) is 30.3 Å². The van der Waals surface area contributed by atoms with Gasteiger partial charge in [-0.15, -0.1) is 0 Å². The number of hydrogen-bond donors (Lipinski definition) is 0. The molecular weight excluding hydrogens is 1080 g/mol. The zero-order chi connectivity index (χ0) is 57.0. The average molecular weight is 1110 g/mol. The largest absolute Gasteiger partial charge is 0.416 e. The SMILES string of the molecule is FC(F)(F)c1cc([B-](c2cc(C(F)(F)F)cc(C(F)(F)F)c2)(c2cc(C(F)(F)F)cc(C(F)(F)F)c2)c2cc(C(F)(F)F)cc(C(F)(F)F)c2)cc(C(F)(F)F)c1.N#Cc1c[n+](Cc2ccccc2)cc2ccccc12. The minimum Gasteiger partial charge on any atom is -0.199 e. The predicted molar refractivity (Wildman–Crippen MR) is 224 cm³/mol. The summed E-state index contributed by atoms with van der Waals surface area (Å²) in [6, 6.07) is 11.7. The number of rotatable bonds is 6. The van der Waals surface area contributed by atoms with Gasteiger partial charge in [-0.1, -0.05) is 97.1 Å². The van der Waals surface area contributed by atoms with Gasteiger partial charge >= 0.3 is 49.4 Å². The van der Waals surface area contributed by atoms with E-state index in [1.54, 1.807) is 0 Å². The minimum atomic E-state index is -6.13. The lowest BCUT2D eigenvalue weighted by atomic mass is 9.12. The molecule has 1 aromatic heterocycles. The van der Waals surface area contributed by atoms with E-state index >= 15 is 0 Å². The summed E-state index contributed by atoms with van der Waals surface area (Å²) in [6.45, 7) is 0.778. The number of fused-ring (bicyclic) bond motifs is 1. The number of benzene rings is 6. The van der Waals surface area contributed by atoms with Crippen molar-refractivity contribution in [2.45, 2.75) is 56.0 Å². The zero-order valence-corrected chi connectivity index (χ0v) is 37.0. The van der Waals surface area contributed by atoms with Crippen molar-refractivity contribution in [3.63, 3.8) is 0 Å². The molecule has 0 saturated heterocycles. The molecule has 0 aliphatic carbocycles. The second-order valence-electron chi connectivity index (χ2n) is 16.8. The van der Waals surface area contributed by atoms with Crippen molar-refractivity contribution in [2.24, 2.45) is 0 Å². The molecule has 27 heteroatoms. The summed E-state index contributed by atoms with van der Waals surface area (Å²) < 4.78 is 343. The molecule has 0 atom stereocenters. The van der Waals surface area contributed by atoms with Crippen LogP contribution in [-0.4, -0.2) is 6.15 Å². The molecule has 0 aliphatic heterocycles. The van der Waals surface area contributed by atoms with Crippen LogP contribution in [0.5, 0.6) is 0 Å². The van der Waals surface area contributed by atoms with E-state index in [9.17, 15) is 111 Å². The normalized spacial score (nSPS) is 13.3. The van der Waals surface area contributed by atoms with E-state index in [4.69, 9.17) is 0 Å². The number of hydrogen-bond acceptors (Lipinski definition) is 1. The fraction of sp³-hybridized carbons (Fsp3) is 0.184. The van der Waals surface area contributed by atoms with E-state index in [0.717, 1.165) is 17.3 Å². The monoisotopic (exact) mass is 1110 g/mol. The van der Waals surface area contributed by atoms with Crippen LogP contribution in [0.1, 0.15) is 55.6 Å². The van der Waals surface area contributed by atoms with Crippen LogP contribution in [0.2, 0.25) is 0 Å². The van der Waals surface area contributed by atoms with Gasteiger partial charge in [-0.2, -0.15) is 137 Å². The van der Waals surface area contributed by atoms with Crippen LogP contribution >= 0.6 is 0 Å². The molecule has 0 unspecified atom stereocenters. The summed E-state index contributed by atoms with van der Waals surface area (Å²) in [4.78, 5) is 0. The molecule has 6 aromatic carbocycles. The lowest BCUT2D eigenvalue weighted by Gasteiger charge is -2.46. The maximum absolute atomic E-state index is 14.2. The van der Waals surface area contributed by atoms with Gasteiger partial charge in [0.15, 0.2) is 18.9 Å². The Bertz CT molecular complexity index is 2860. The van der Waals surface area contributed by atoms with Crippen LogP contribution in [0.15, 0.2) is 140 Å². The van der Waals surface area contributed by atoms with Gasteiger partial charge in [-0.3, -0.25) is 0 Å². The summed E-state index contributed by atoms with van der Waals surface area (Å²) in [5, 5.41) is 11.4. The van der Waals surface area contributed by atoms with Crippen LogP contribution in [0.25, 0.3) is 10.8 Å². The first-order valence-electron chi connectivity index (χ1n) is 20.8. The summed E-state index contributed by atoms with van der Waals surface area (Å²) in [6.07, 6.45) is -50.8. The Morgan fingerprint density at radius 2 is 0.605 bits per heavy atom. The highest BCUT2D eigenvalue weighted by atomic mass is 19.4. The van der Waals surface area contributed by atoms with Crippen molar-refractivity contribution in [1.29, 1.82) is 5.26 Å². The molecule has 0 saturated carbocycles. The van der Waals surface area contributed by atoms with Gasteiger partial charge in [0.2, 0.25) is 0 Å². The van der Waals surface area contributed by atoms with Crippen molar-refractivity contribution in [3.8, 4) is 6.07 Å². The lowest BCUT2D eigenvalue weighted by Crippen LogP contribution is -2.75. The Labute approximate surface area is 411 Å². The molecule has 0 radical (unpaired) electrons. The molecule has 0 aliphatic rings. The van der Waals surface area contributed by atoms with Gasteiger partial charge in [0.1, 0.15) is 17.8 Å². The number of alkyl halides is 24. The molecule has 76 heavy (non-hydrogen) atoms. The zero-order valence-electron chi connectivity index (χ0n) is 37.0. The Morgan fingerprint density at radius 3 is 0.868 bits per heavy atom. The second kappa shape index (κ2) is 20.0. The highest BCUT2D eigenvalue weighted by Gasteiger charge is 2.47. The van der Waals surface area contributed by atoms with Crippen molar-refractivity contribution >= 4 is 38.8 Å². The molecule has 0 amide bonds. The molecule has 2 nitrogen and oxygen atoms in total. The molecule has 7 rings (SSSR count). The lowest BCUT2D eigenvalue weighted by molar-refractivity contribution is -0.687. The number of aromatic nitrogens is 1. The minimum absolute atomic E-state index is 0.691. The summed E-state index contributed by atoms with van der Waals surface area (Å²) >= 11 is 0. The third kappa shape index (κ3) is 12.8. The first kappa shape index (κ1) is 57.9. The van der Waals surface area contributed by atoms with Gasteiger partial charge in [0, 0.05) is 16.3 Å². The summed E-state index contributed by atoms with van der Waals surface area (Å²) in [7, 11) is 0. The van der Waals surface area contributed by atoms with Crippen LogP contribution < -0.4 is 26.4 Å². The molecule has 1 heterocycles. The van der Waals surface area contributed by atoms with Gasteiger partial charge < -0.3 is 0 Å². The molecule has 0 N–H and O–H groups in total. The van der Waals surface area contributed by atoms with Crippen LogP contribution in [-0.2, 0) is 56.0 Å². The van der Waals surface area contributed by atoms with E-state index in [2.05, 4.69) is 29.0 Å². The Kier molecular flexibility index (Phi) is 15.2. The Hall–Kier alpha value is -7.40. The predicted octanol–water partition coefficient (Wildman–Crippen LogP) is 14.3. The first-order chi connectivity index (χ1) is 34.6. The molecule has 0 spiro atoms. The second-order valence-corrected chi connectivity index (χ2v) is 16.8. The van der Waals surface area contributed by atoms with Crippen LogP contribution in [0, 0.1) is 11.3 Å². The average Bonchev–Trinajstić information content (AvgIpc) is 3.29. The van der Waals surface area contributed by atoms with Crippen molar-refractivity contribution in [1.82, 2.24) is 0 Å². The fourth-order valence-electron chi connectivity index (χ4n) is 8.35. The number of pyridine rings is 1. The first-order valence-corrected chi connectivity index (χ1v) is 20.8. The topological polar surface area (TPSA) is 27.7 Å². The smallest absolute Gasteiger partial charge is 0.199 e. The highest BCUT2D eigenvalue weighted by molar-refractivity contribution is 7.20. The standard InChI is InChI=1S/C32H12BF24.C17H13N2/c34-25(35,36)13-1-14(26(37,38)39)6-21(5-13)33(22-7-15(27(40,41)42)2-16(8-22)28(43,44)45,23-9-17(29(46,47)48)3-18(10-23)30(49,50)51)24-11-19(31(52,53)54)4-20(12-24)32(55,56)57;18-10-16-13-19(11-14-6-2-1-3-7-14)12-15-8-4-5-9-17(15)16/h1-12H;1-9,12-13H,11H2/q-1;+1. The van der Waals surface area contributed by atoms with Gasteiger partial charge in [0.25, 0.3) is 0 Å². The maximum Gasteiger partial charge on any atom is 0.416 e. The summed E-state index contributed by atoms with van der Waals surface area (Å²) in [5.41, 5.74) is -28.3. The Balaban J connectivity index is 0.000000408. The van der Waals surface area contributed by atoms with E-state index in [0.29, 0.717) is 5.56 Å². The third-order valence-electron chi connectivity index (χ3n) is 11.6. The number of halogens is 24. The third-order valence-corrected chi connectivity index (χ3v) is 11.6. The van der Waals surface area contributed by atoms with Crippen molar-refractivity contribution < 1.29 is 110 Å². The number of nitriles is 1.